The van der Waals surface area contributed by atoms with Crippen LogP contribution in [0.2, 0.25) is 0 Å². The number of rotatable bonds is 6. The molecule has 0 aromatic carbocycles. The highest BCUT2D eigenvalue weighted by Gasteiger charge is 2.50. The zero-order chi connectivity index (χ0) is 22.8. The van der Waals surface area contributed by atoms with Crippen molar-refractivity contribution in [3.63, 3.8) is 0 Å². The molecule has 6 N–H and O–H groups in total. The van der Waals surface area contributed by atoms with E-state index in [0.29, 0.717) is 50.9 Å². The second-order valence-corrected chi connectivity index (χ2v) is 9.24. The molecule has 1 spiro atoms. The predicted molar refractivity (Wildman–Crippen MR) is 116 cm³/mol. The molecule has 2 aliphatic heterocycles. The molecule has 10 nitrogen and oxygen atoms in total. The van der Waals surface area contributed by atoms with Gasteiger partial charge in [0.2, 0.25) is 5.91 Å². The molecule has 0 bridgehead atoms. The van der Waals surface area contributed by atoms with Crippen molar-refractivity contribution in [2.75, 3.05) is 26.2 Å². The molecule has 0 saturated carbocycles. The van der Waals surface area contributed by atoms with Gasteiger partial charge in [-0.05, 0) is 46.1 Å². The number of aryl methyl sites for hydroxylation is 1. The van der Waals surface area contributed by atoms with Gasteiger partial charge in [0.25, 0.3) is 5.56 Å². The minimum absolute atomic E-state index is 0.0532. The molecule has 1 aromatic heterocycles. The Bertz CT molecular complexity index is 900. The first-order chi connectivity index (χ1) is 14.6. The number of H-pyrrole nitrogens is 1. The number of carbonyl (C=O) groups is 1. The molecular formula is C21H35N5O5. The maximum absolute atomic E-state index is 12.6. The number of aromatic amines is 1. The summed E-state index contributed by atoms with van der Waals surface area (Å²) in [5, 5.41) is 11.2. The summed E-state index contributed by atoms with van der Waals surface area (Å²) < 4.78 is 7.56. The van der Waals surface area contributed by atoms with Gasteiger partial charge in [-0.1, -0.05) is 6.42 Å². The Labute approximate surface area is 181 Å². The quantitative estimate of drug-likeness (QED) is 0.432. The van der Waals surface area contributed by atoms with Gasteiger partial charge in [-0.25, -0.2) is 4.79 Å². The van der Waals surface area contributed by atoms with E-state index in [1.165, 1.54) is 10.8 Å². The molecule has 0 aliphatic carbocycles. The first-order valence-electron chi connectivity index (χ1n) is 11.0. The number of hydrogen-bond acceptors (Lipinski definition) is 7. The lowest BCUT2D eigenvalue weighted by atomic mass is 9.75. The minimum atomic E-state index is -1.21. The average Bonchev–Trinajstić information content (AvgIpc) is 2.71. The molecule has 2 fully saturated rings. The fourth-order valence-electron chi connectivity index (χ4n) is 4.78. The number of nitrogens with one attached hydrogen (secondary N) is 1. The van der Waals surface area contributed by atoms with Crippen LogP contribution in [0.3, 0.4) is 0 Å². The Morgan fingerprint density at radius 1 is 1.35 bits per heavy atom. The summed E-state index contributed by atoms with van der Waals surface area (Å²) >= 11 is 0. The number of nitrogens with two attached hydrogens (primary N) is 2. The molecule has 3 heterocycles. The van der Waals surface area contributed by atoms with Crippen LogP contribution in [-0.2, 0) is 9.53 Å². The van der Waals surface area contributed by atoms with E-state index in [0.717, 1.165) is 12.8 Å². The Morgan fingerprint density at radius 3 is 2.65 bits per heavy atom. The fraction of sp³-hybridized carbons (Fsp3) is 0.762. The molecule has 174 valence electrons. The fourth-order valence-corrected chi connectivity index (χ4v) is 4.78. The van der Waals surface area contributed by atoms with E-state index >= 15 is 0 Å². The summed E-state index contributed by atoms with van der Waals surface area (Å²) in [6, 6.07) is -1.13. The van der Waals surface area contributed by atoms with Gasteiger partial charge in [0.05, 0.1) is 29.9 Å². The lowest BCUT2D eigenvalue weighted by molar-refractivity contribution is -0.198. The van der Waals surface area contributed by atoms with Crippen LogP contribution in [0, 0.1) is 6.92 Å². The Morgan fingerprint density at radius 2 is 2.03 bits per heavy atom. The zero-order valence-corrected chi connectivity index (χ0v) is 18.4. The Hall–Kier alpha value is -2.01. The highest BCUT2D eigenvalue weighted by molar-refractivity contribution is 5.81. The van der Waals surface area contributed by atoms with Crippen molar-refractivity contribution in [2.24, 2.45) is 11.5 Å². The van der Waals surface area contributed by atoms with Gasteiger partial charge in [0.15, 0.2) is 0 Å². The third-order valence-corrected chi connectivity index (χ3v) is 6.70. The van der Waals surface area contributed by atoms with Crippen molar-refractivity contribution in [2.45, 2.75) is 75.7 Å². The van der Waals surface area contributed by atoms with E-state index in [-0.39, 0.29) is 12.5 Å². The van der Waals surface area contributed by atoms with Crippen molar-refractivity contribution in [3.05, 3.63) is 32.6 Å². The molecule has 0 radical (unpaired) electrons. The van der Waals surface area contributed by atoms with Crippen molar-refractivity contribution in [1.82, 2.24) is 14.5 Å². The van der Waals surface area contributed by atoms with Gasteiger partial charge in [-0.15, -0.1) is 0 Å². The average molecular weight is 438 g/mol. The van der Waals surface area contributed by atoms with Gasteiger partial charge in [-0.3, -0.25) is 19.1 Å². The minimum Gasteiger partial charge on any atom is -0.388 e. The molecule has 3 rings (SSSR count). The number of aromatic nitrogens is 2. The molecule has 0 unspecified atom stereocenters. The van der Waals surface area contributed by atoms with Crippen molar-refractivity contribution < 1.29 is 14.6 Å². The summed E-state index contributed by atoms with van der Waals surface area (Å²) in [6.45, 7) is 5.08. The maximum Gasteiger partial charge on any atom is 0.328 e. The summed E-state index contributed by atoms with van der Waals surface area (Å²) in [4.78, 5) is 40.7. The number of amides is 1. The van der Waals surface area contributed by atoms with Gasteiger partial charge in [0, 0.05) is 31.3 Å². The summed E-state index contributed by atoms with van der Waals surface area (Å²) in [5.74, 6) is -0.0532. The molecule has 2 aliphatic rings. The van der Waals surface area contributed by atoms with Crippen LogP contribution in [0.25, 0.3) is 0 Å². The number of ether oxygens (including phenoxy) is 1. The highest BCUT2D eigenvalue weighted by atomic mass is 16.5. The second kappa shape index (κ2) is 9.23. The molecule has 10 heteroatoms. The summed E-state index contributed by atoms with van der Waals surface area (Å²) in [6.07, 6.45) is 5.30. The van der Waals surface area contributed by atoms with Gasteiger partial charge in [0.1, 0.15) is 0 Å². The molecule has 31 heavy (non-hydrogen) atoms. The van der Waals surface area contributed by atoms with Crippen LogP contribution >= 0.6 is 0 Å². The normalized spacial score (nSPS) is 26.7. The summed E-state index contributed by atoms with van der Waals surface area (Å²) in [7, 11) is 0. The molecule has 1 amide bonds. The number of hydrogen-bond donors (Lipinski definition) is 4. The van der Waals surface area contributed by atoms with E-state index in [9.17, 15) is 19.5 Å². The zero-order valence-electron chi connectivity index (χ0n) is 18.4. The number of carbonyl (C=O) groups excluding carboxylic acids is 1. The van der Waals surface area contributed by atoms with Crippen LogP contribution in [0.15, 0.2) is 15.8 Å². The van der Waals surface area contributed by atoms with Crippen molar-refractivity contribution >= 4 is 5.91 Å². The molecule has 1 aromatic rings. The number of likely N-dealkylation sites (tertiary alicyclic amines) is 1. The van der Waals surface area contributed by atoms with Crippen LogP contribution < -0.4 is 22.7 Å². The molecule has 2 saturated heterocycles. The first kappa shape index (κ1) is 23.6. The lowest BCUT2D eigenvalue weighted by Crippen LogP contribution is -2.60. The van der Waals surface area contributed by atoms with Gasteiger partial charge >= 0.3 is 5.69 Å². The van der Waals surface area contributed by atoms with E-state index < -0.39 is 34.5 Å². The predicted octanol–water partition coefficient (Wildman–Crippen LogP) is -0.625. The standard InChI is InChI=1S/C21H35N5O5/c1-14-11-26(19(29)24-17(14)27)16-12-31-21(13-20(16,2)30)6-9-25(10-7-21)18(28)15(23)5-3-4-8-22/h11,15-16,30H,3-10,12-13,22-23H2,1-2H3,(H,24,27,29)/t15-,16-,20-/m0/s1. The van der Waals surface area contributed by atoms with E-state index in [4.69, 9.17) is 16.2 Å². The lowest BCUT2D eigenvalue weighted by Gasteiger charge is -2.51. The second-order valence-electron chi connectivity index (χ2n) is 9.24. The number of aliphatic hydroxyl groups is 1. The van der Waals surface area contributed by atoms with Crippen LogP contribution in [-0.4, -0.2) is 68.9 Å². The Balaban J connectivity index is 1.64. The smallest absolute Gasteiger partial charge is 0.328 e. The largest absolute Gasteiger partial charge is 0.388 e. The molecule has 3 atom stereocenters. The van der Waals surface area contributed by atoms with Crippen LogP contribution in [0.4, 0.5) is 0 Å². The van der Waals surface area contributed by atoms with Gasteiger partial charge < -0.3 is 26.2 Å². The van der Waals surface area contributed by atoms with E-state index in [2.05, 4.69) is 4.98 Å². The van der Waals surface area contributed by atoms with Gasteiger partial charge in [-0.2, -0.15) is 0 Å². The molecular weight excluding hydrogens is 402 g/mol. The summed E-state index contributed by atoms with van der Waals surface area (Å²) in [5.41, 5.74) is 9.19. The van der Waals surface area contributed by atoms with E-state index in [1.54, 1.807) is 18.7 Å². The Kier molecular flexibility index (Phi) is 7.04. The number of nitrogens with zero attached hydrogens (tertiary/aromatic N) is 2. The topological polar surface area (TPSA) is 157 Å². The maximum atomic E-state index is 12.6. The van der Waals surface area contributed by atoms with E-state index in [1.807, 2.05) is 0 Å². The highest BCUT2D eigenvalue weighted by Crippen LogP contribution is 2.43. The first-order valence-corrected chi connectivity index (χ1v) is 11.0. The SMILES string of the molecule is Cc1cn([C@H]2COC3(CCN(C(=O)[C@@H](N)CCCCN)CC3)C[C@]2(C)O)c(=O)[nH]c1=O. The van der Waals surface area contributed by atoms with Crippen LogP contribution in [0.5, 0.6) is 0 Å². The van der Waals surface area contributed by atoms with Crippen molar-refractivity contribution in [1.29, 1.82) is 0 Å². The third-order valence-electron chi connectivity index (χ3n) is 6.70. The van der Waals surface area contributed by atoms with Crippen molar-refractivity contribution in [3.8, 4) is 0 Å². The number of piperidine rings is 1. The van der Waals surface area contributed by atoms with Crippen LogP contribution in [0.1, 0.15) is 57.1 Å². The monoisotopic (exact) mass is 437 g/mol. The number of unbranched alkanes of at least 4 members (excludes halogenated alkanes) is 1. The third kappa shape index (κ3) is 5.08.